The van der Waals surface area contributed by atoms with E-state index in [4.69, 9.17) is 11.5 Å². The van der Waals surface area contributed by atoms with Crippen molar-refractivity contribution < 1.29 is 9.59 Å². The molecule has 1 aromatic rings. The first-order valence-electron chi connectivity index (χ1n) is 12.4. The highest BCUT2D eigenvalue weighted by Gasteiger charge is 2.30. The lowest BCUT2D eigenvalue weighted by molar-refractivity contribution is -0.137. The summed E-state index contributed by atoms with van der Waals surface area (Å²) in [6.45, 7) is 11.0. The summed E-state index contributed by atoms with van der Waals surface area (Å²) < 4.78 is 0. The molecule has 0 atom stereocenters. The Morgan fingerprint density at radius 1 is 1.14 bits per heavy atom. The Bertz CT molecular complexity index is 938. The van der Waals surface area contributed by atoms with Gasteiger partial charge in [-0.15, -0.1) is 0 Å². The smallest absolute Gasteiger partial charge is 0.242 e. The van der Waals surface area contributed by atoms with E-state index in [0.717, 1.165) is 56.0 Å². The Labute approximate surface area is 209 Å². The summed E-state index contributed by atoms with van der Waals surface area (Å²) in [4.78, 5) is 36.6. The van der Waals surface area contributed by atoms with Gasteiger partial charge in [0.1, 0.15) is 5.84 Å². The molecule has 2 aliphatic heterocycles. The first-order chi connectivity index (χ1) is 16.6. The second kappa shape index (κ2) is 11.8. The fraction of sp³-hybridized carbons (Fsp3) is 0.577. The monoisotopic (exact) mass is 483 g/mol. The molecule has 2 aliphatic rings. The third kappa shape index (κ3) is 7.13. The first-order valence-corrected chi connectivity index (χ1v) is 12.4. The van der Waals surface area contributed by atoms with Gasteiger partial charge in [-0.2, -0.15) is 0 Å². The minimum atomic E-state index is -0.872. The zero-order valence-corrected chi connectivity index (χ0v) is 21.6. The number of hydrogen-bond donors (Lipinski definition) is 2. The number of nitrogens with two attached hydrogens (primary N) is 2. The minimum Gasteiger partial charge on any atom is -0.353 e. The summed E-state index contributed by atoms with van der Waals surface area (Å²) in [6.07, 6.45) is 6.48. The van der Waals surface area contributed by atoms with Crippen LogP contribution in [-0.2, 0) is 16.1 Å². The van der Waals surface area contributed by atoms with Crippen LogP contribution in [0, 0.1) is 6.92 Å². The molecule has 2 heterocycles. The average Bonchev–Trinajstić information content (AvgIpc) is 2.84. The summed E-state index contributed by atoms with van der Waals surface area (Å²) in [5.74, 6) is 0.727. The number of piperidine rings is 1. The van der Waals surface area contributed by atoms with Crippen LogP contribution in [0.1, 0.15) is 37.8 Å². The molecule has 3 rings (SSSR count). The molecule has 0 spiro atoms. The predicted octanol–water partition coefficient (Wildman–Crippen LogP) is 1.30. The molecule has 0 aromatic heterocycles. The Morgan fingerprint density at radius 3 is 2.31 bits per heavy atom. The van der Waals surface area contributed by atoms with Gasteiger partial charge in [0.25, 0.3) is 0 Å². The third-order valence-electron chi connectivity index (χ3n) is 6.82. The van der Waals surface area contributed by atoms with Crippen molar-refractivity contribution in [2.75, 3.05) is 51.2 Å². The van der Waals surface area contributed by atoms with Crippen LogP contribution in [0.2, 0.25) is 0 Å². The largest absolute Gasteiger partial charge is 0.353 e. The Hall–Kier alpha value is -2.75. The maximum absolute atomic E-state index is 12.4. The van der Waals surface area contributed by atoms with Gasteiger partial charge < -0.3 is 21.3 Å². The van der Waals surface area contributed by atoms with Gasteiger partial charge in [0.15, 0.2) is 0 Å². The molecule has 2 amide bonds. The van der Waals surface area contributed by atoms with Crippen LogP contribution in [-0.4, -0.2) is 90.7 Å². The highest BCUT2D eigenvalue weighted by atomic mass is 16.2. The van der Waals surface area contributed by atoms with E-state index >= 15 is 0 Å². The third-order valence-corrected chi connectivity index (χ3v) is 6.82. The lowest BCUT2D eigenvalue weighted by Crippen LogP contribution is -2.57. The fourth-order valence-corrected chi connectivity index (χ4v) is 4.57. The van der Waals surface area contributed by atoms with E-state index in [2.05, 4.69) is 27.8 Å². The molecule has 4 N–H and O–H groups in total. The van der Waals surface area contributed by atoms with Crippen LogP contribution >= 0.6 is 0 Å². The quantitative estimate of drug-likeness (QED) is 0.344. The van der Waals surface area contributed by atoms with Gasteiger partial charge in [0, 0.05) is 57.7 Å². The number of hydrogen-bond acceptors (Lipinski definition) is 6. The van der Waals surface area contributed by atoms with E-state index in [-0.39, 0.29) is 5.91 Å². The SMILES string of the molecule is C/N=C(\C=C/N(C=O)c1ccc(CN2CCC(N)CC2)c(C)c1)N1CCN(C(=O)C(C)(C)N)CC1. The number of rotatable bonds is 7. The summed E-state index contributed by atoms with van der Waals surface area (Å²) in [5, 5.41) is 0. The van der Waals surface area contributed by atoms with Gasteiger partial charge in [-0.3, -0.25) is 24.4 Å². The molecule has 0 saturated carbocycles. The number of amides is 2. The lowest BCUT2D eigenvalue weighted by Gasteiger charge is -2.38. The molecule has 9 nitrogen and oxygen atoms in total. The molecule has 35 heavy (non-hydrogen) atoms. The number of amidine groups is 1. The van der Waals surface area contributed by atoms with Gasteiger partial charge in [0.2, 0.25) is 12.3 Å². The Kier molecular flexibility index (Phi) is 9.04. The number of nitrogens with zero attached hydrogens (tertiary/aromatic N) is 5. The molecule has 192 valence electrons. The Balaban J connectivity index is 1.61. The lowest BCUT2D eigenvalue weighted by atomic mass is 10.0. The summed E-state index contributed by atoms with van der Waals surface area (Å²) >= 11 is 0. The van der Waals surface area contributed by atoms with Crippen LogP contribution in [0.25, 0.3) is 0 Å². The van der Waals surface area contributed by atoms with Gasteiger partial charge >= 0.3 is 0 Å². The molecule has 9 heteroatoms. The molecular weight excluding hydrogens is 442 g/mol. The normalized spacial score (nSPS) is 18.9. The second-order valence-corrected chi connectivity index (χ2v) is 10.1. The number of aryl methyl sites for hydroxylation is 1. The topological polar surface area (TPSA) is 111 Å². The number of carbonyl (C=O) groups excluding carboxylic acids is 2. The molecule has 1 aromatic carbocycles. The number of piperazine rings is 1. The predicted molar refractivity (Wildman–Crippen MR) is 141 cm³/mol. The first kappa shape index (κ1) is 26.8. The number of aliphatic imine (C=N–C) groups is 1. The molecule has 2 fully saturated rings. The van der Waals surface area contributed by atoms with Crippen LogP contribution in [0.15, 0.2) is 35.5 Å². The highest BCUT2D eigenvalue weighted by Crippen LogP contribution is 2.22. The zero-order valence-electron chi connectivity index (χ0n) is 21.6. The standard InChI is InChI=1S/C26H41N7O2/c1-20-17-23(6-5-21(20)18-30-10-7-22(27)8-11-30)33(19-34)12-9-24(29-4)31-13-15-32(16-14-31)25(35)26(2,3)28/h5-6,9,12,17,19,22H,7-8,10-11,13-16,18,27-28H2,1-4H3/b12-9-,29-24+. The number of benzene rings is 1. The van der Waals surface area contributed by atoms with Crippen LogP contribution in [0.5, 0.6) is 0 Å². The van der Waals surface area contributed by atoms with Crippen LogP contribution in [0.3, 0.4) is 0 Å². The van der Waals surface area contributed by atoms with Crippen molar-refractivity contribution in [2.24, 2.45) is 16.5 Å². The van der Waals surface area contributed by atoms with Crippen LogP contribution in [0.4, 0.5) is 5.69 Å². The Morgan fingerprint density at radius 2 is 1.77 bits per heavy atom. The minimum absolute atomic E-state index is 0.0440. The summed E-state index contributed by atoms with van der Waals surface area (Å²) in [6, 6.07) is 6.46. The maximum atomic E-state index is 12.4. The molecule has 0 radical (unpaired) electrons. The van der Waals surface area contributed by atoms with E-state index in [9.17, 15) is 9.59 Å². The molecule has 2 saturated heterocycles. The highest BCUT2D eigenvalue weighted by molar-refractivity contribution is 5.94. The number of anilines is 1. The van der Waals surface area contributed by atoms with E-state index < -0.39 is 5.54 Å². The van der Waals surface area contributed by atoms with E-state index in [1.807, 2.05) is 18.2 Å². The maximum Gasteiger partial charge on any atom is 0.242 e. The fourth-order valence-electron chi connectivity index (χ4n) is 4.57. The van der Waals surface area contributed by atoms with E-state index in [1.54, 1.807) is 36.9 Å². The van der Waals surface area contributed by atoms with Crippen molar-refractivity contribution in [3.05, 3.63) is 41.6 Å². The van der Waals surface area contributed by atoms with Gasteiger partial charge in [-0.05, 0) is 76.0 Å². The summed E-state index contributed by atoms with van der Waals surface area (Å²) in [7, 11) is 1.73. The van der Waals surface area contributed by atoms with Crippen molar-refractivity contribution in [3.63, 3.8) is 0 Å². The molecule has 0 bridgehead atoms. The van der Waals surface area contributed by atoms with Crippen molar-refractivity contribution in [2.45, 2.75) is 51.7 Å². The van der Waals surface area contributed by atoms with Gasteiger partial charge in [-0.25, -0.2) is 0 Å². The van der Waals surface area contributed by atoms with Crippen molar-refractivity contribution in [3.8, 4) is 0 Å². The van der Waals surface area contributed by atoms with E-state index in [1.165, 1.54) is 5.56 Å². The molecule has 0 aliphatic carbocycles. The molecular formula is C26H41N7O2. The average molecular weight is 484 g/mol. The van der Waals surface area contributed by atoms with Gasteiger partial charge in [-0.1, -0.05) is 6.07 Å². The second-order valence-electron chi connectivity index (χ2n) is 10.1. The van der Waals surface area contributed by atoms with E-state index in [0.29, 0.717) is 32.2 Å². The molecule has 0 unspecified atom stereocenters. The van der Waals surface area contributed by atoms with Crippen molar-refractivity contribution in [1.82, 2.24) is 14.7 Å². The summed E-state index contributed by atoms with van der Waals surface area (Å²) in [5.41, 5.74) is 14.4. The number of likely N-dealkylation sites (tertiary alicyclic amines) is 1. The van der Waals surface area contributed by atoms with Crippen molar-refractivity contribution in [1.29, 1.82) is 0 Å². The zero-order chi connectivity index (χ0) is 25.6. The van der Waals surface area contributed by atoms with Crippen molar-refractivity contribution >= 4 is 23.8 Å². The van der Waals surface area contributed by atoms with Crippen LogP contribution < -0.4 is 16.4 Å². The van der Waals surface area contributed by atoms with Gasteiger partial charge in [0.05, 0.1) is 5.54 Å². The number of carbonyl (C=O) groups is 2.